The molecule has 0 saturated heterocycles. The van der Waals surface area contributed by atoms with Gasteiger partial charge >= 0.3 is 5.97 Å². The zero-order valence-corrected chi connectivity index (χ0v) is 13.5. The van der Waals surface area contributed by atoms with Gasteiger partial charge in [-0.2, -0.15) is 0 Å². The fourth-order valence-corrected chi connectivity index (χ4v) is 4.48. The van der Waals surface area contributed by atoms with E-state index in [0.717, 1.165) is 11.3 Å². The second kappa shape index (κ2) is 6.23. The molecule has 0 fully saturated rings. The van der Waals surface area contributed by atoms with Crippen molar-refractivity contribution in [1.29, 1.82) is 0 Å². The minimum atomic E-state index is -3.80. The Morgan fingerprint density at radius 1 is 1.19 bits per heavy atom. The number of rotatable bonds is 5. The van der Waals surface area contributed by atoms with Crippen molar-refractivity contribution in [2.24, 2.45) is 0 Å². The molecule has 5 nitrogen and oxygen atoms in total. The second-order valence-corrected chi connectivity index (χ2v) is 8.01. The van der Waals surface area contributed by atoms with Gasteiger partial charge in [0.1, 0.15) is 4.21 Å². The Morgan fingerprint density at radius 2 is 1.81 bits per heavy atom. The van der Waals surface area contributed by atoms with Crippen LogP contribution in [-0.4, -0.2) is 19.5 Å². The summed E-state index contributed by atoms with van der Waals surface area (Å²) in [5, 5.41) is 9.29. The molecule has 9 heteroatoms. The number of sulfonamides is 1. The molecule has 0 aliphatic carbocycles. The quantitative estimate of drug-likeness (QED) is 0.849. The predicted molar refractivity (Wildman–Crippen MR) is 82.9 cm³/mol. The molecule has 21 heavy (non-hydrogen) atoms. The monoisotopic (exact) mass is 365 g/mol. The maximum atomic E-state index is 12.2. The number of hydrogen-bond donors (Lipinski definition) is 2. The van der Waals surface area contributed by atoms with Crippen LogP contribution in [0.25, 0.3) is 0 Å². The average Bonchev–Trinajstić information content (AvgIpc) is 2.74. The molecule has 1 aromatic carbocycles. The Morgan fingerprint density at radius 3 is 2.38 bits per heavy atom. The molecule has 0 aliphatic heterocycles. The summed E-state index contributed by atoms with van der Waals surface area (Å²) in [5.74, 6) is -1.02. The van der Waals surface area contributed by atoms with Crippen LogP contribution in [0.5, 0.6) is 0 Å². The first-order valence-corrected chi connectivity index (χ1v) is 8.61. The average molecular weight is 366 g/mol. The number of aliphatic carboxylic acids is 1. The molecule has 112 valence electrons. The molecule has 2 N–H and O–H groups in total. The van der Waals surface area contributed by atoms with Gasteiger partial charge in [-0.25, -0.2) is 8.42 Å². The molecule has 2 rings (SSSR count). The van der Waals surface area contributed by atoms with E-state index in [9.17, 15) is 13.2 Å². The van der Waals surface area contributed by atoms with Gasteiger partial charge in [0.05, 0.1) is 12.1 Å². The molecule has 0 spiro atoms. The van der Waals surface area contributed by atoms with Crippen LogP contribution in [0.15, 0.2) is 34.5 Å². The maximum Gasteiger partial charge on any atom is 0.308 e. The smallest absolute Gasteiger partial charge is 0.308 e. The molecular formula is C12H9Cl2NO4S2. The van der Waals surface area contributed by atoms with Crippen molar-refractivity contribution in [3.63, 3.8) is 0 Å². The summed E-state index contributed by atoms with van der Waals surface area (Å²) in [5.41, 5.74) is 0.237. The van der Waals surface area contributed by atoms with Crippen molar-refractivity contribution >= 4 is 56.2 Å². The molecule has 2 aromatic rings. The van der Waals surface area contributed by atoms with E-state index in [4.69, 9.17) is 28.3 Å². The molecule has 0 bridgehead atoms. The number of carboxylic acid groups (broad SMARTS) is 1. The third-order valence-corrected chi connectivity index (χ3v) is 5.74. The molecule has 1 heterocycles. The first kappa shape index (κ1) is 16.1. The molecule has 0 radical (unpaired) electrons. The maximum absolute atomic E-state index is 12.2. The number of nitrogens with one attached hydrogen (secondary N) is 1. The van der Waals surface area contributed by atoms with Crippen LogP contribution in [0, 0.1) is 0 Å². The van der Waals surface area contributed by atoms with Crippen LogP contribution in [0.4, 0.5) is 5.69 Å². The minimum Gasteiger partial charge on any atom is -0.481 e. The minimum absolute atomic E-state index is 0.0230. The van der Waals surface area contributed by atoms with E-state index < -0.39 is 16.0 Å². The number of benzene rings is 1. The van der Waals surface area contributed by atoms with E-state index in [-0.39, 0.29) is 16.3 Å². The summed E-state index contributed by atoms with van der Waals surface area (Å²) in [6.07, 6.45) is -0.219. The molecule has 0 saturated carbocycles. The summed E-state index contributed by atoms with van der Waals surface area (Å²) < 4.78 is 26.8. The Labute approximate surface area is 135 Å². The zero-order chi connectivity index (χ0) is 15.6. The van der Waals surface area contributed by atoms with E-state index in [1.807, 2.05) is 0 Å². The Balaban J connectivity index is 2.25. The molecule has 1 aromatic heterocycles. The van der Waals surface area contributed by atoms with E-state index in [2.05, 4.69) is 4.72 Å². The molecule has 0 amide bonds. The lowest BCUT2D eigenvalue weighted by Gasteiger charge is -2.07. The van der Waals surface area contributed by atoms with Crippen molar-refractivity contribution in [1.82, 2.24) is 0 Å². The van der Waals surface area contributed by atoms with Gasteiger partial charge in [-0.05, 0) is 30.3 Å². The SMILES string of the molecule is O=C(O)Cc1ccc(S(=O)(=O)Nc2cc(Cl)cc(Cl)c2)s1. The number of carboxylic acids is 1. The lowest BCUT2D eigenvalue weighted by Crippen LogP contribution is -2.11. The van der Waals surface area contributed by atoms with E-state index >= 15 is 0 Å². The van der Waals surface area contributed by atoms with Crippen molar-refractivity contribution in [3.05, 3.63) is 45.3 Å². The predicted octanol–water partition coefficient (Wildman–Crippen LogP) is 3.48. The van der Waals surface area contributed by atoms with E-state index in [1.165, 1.54) is 30.3 Å². The van der Waals surface area contributed by atoms with Crippen molar-refractivity contribution in [3.8, 4) is 0 Å². The van der Waals surface area contributed by atoms with Gasteiger partial charge in [0.25, 0.3) is 10.0 Å². The number of hydrogen-bond acceptors (Lipinski definition) is 4. The molecular weight excluding hydrogens is 357 g/mol. The lowest BCUT2D eigenvalue weighted by atomic mass is 10.3. The van der Waals surface area contributed by atoms with Gasteiger partial charge in [0.2, 0.25) is 0 Å². The van der Waals surface area contributed by atoms with E-state index in [0.29, 0.717) is 14.9 Å². The van der Waals surface area contributed by atoms with E-state index in [1.54, 1.807) is 0 Å². The standard InChI is InChI=1S/C12H9Cl2NO4S2/c13-7-3-8(14)5-9(4-7)15-21(18,19)12-2-1-10(20-12)6-11(16)17/h1-5,15H,6H2,(H,16,17). The van der Waals surface area contributed by atoms with Gasteiger partial charge in [-0.3, -0.25) is 9.52 Å². The van der Waals surface area contributed by atoms with Crippen LogP contribution >= 0.6 is 34.5 Å². The highest BCUT2D eigenvalue weighted by atomic mass is 35.5. The molecule has 0 atom stereocenters. The second-order valence-electron chi connectivity index (χ2n) is 4.05. The first-order valence-electron chi connectivity index (χ1n) is 5.56. The highest BCUT2D eigenvalue weighted by Crippen LogP contribution is 2.27. The Kier molecular flexibility index (Phi) is 4.77. The highest BCUT2D eigenvalue weighted by Gasteiger charge is 2.18. The van der Waals surface area contributed by atoms with Crippen molar-refractivity contribution in [2.45, 2.75) is 10.6 Å². The van der Waals surface area contributed by atoms with Gasteiger partial charge in [0, 0.05) is 14.9 Å². The van der Waals surface area contributed by atoms with Crippen molar-refractivity contribution in [2.75, 3.05) is 4.72 Å². The van der Waals surface area contributed by atoms with Gasteiger partial charge in [0.15, 0.2) is 0 Å². The molecule has 0 unspecified atom stereocenters. The number of anilines is 1. The summed E-state index contributed by atoms with van der Waals surface area (Å²) in [6, 6.07) is 7.17. The fourth-order valence-electron chi connectivity index (χ4n) is 1.56. The van der Waals surface area contributed by atoms with Gasteiger partial charge in [-0.1, -0.05) is 23.2 Å². The zero-order valence-electron chi connectivity index (χ0n) is 10.3. The fraction of sp³-hybridized carbons (Fsp3) is 0.0833. The number of thiophene rings is 1. The van der Waals surface area contributed by atoms with Crippen molar-refractivity contribution < 1.29 is 18.3 Å². The third-order valence-electron chi connectivity index (χ3n) is 2.34. The van der Waals surface area contributed by atoms with Crippen LogP contribution in [-0.2, 0) is 21.2 Å². The topological polar surface area (TPSA) is 83.5 Å². The van der Waals surface area contributed by atoms with Gasteiger partial charge < -0.3 is 5.11 Å². The molecule has 0 aliphatic rings. The summed E-state index contributed by atoms with van der Waals surface area (Å²) >= 11 is 12.5. The van der Waals surface area contributed by atoms with Crippen LogP contribution in [0.1, 0.15) is 4.88 Å². The van der Waals surface area contributed by atoms with Crippen LogP contribution < -0.4 is 4.72 Å². The summed E-state index contributed by atoms with van der Waals surface area (Å²) in [6.45, 7) is 0. The Hall–Kier alpha value is -1.28. The number of carbonyl (C=O) groups is 1. The van der Waals surface area contributed by atoms with Crippen LogP contribution in [0.3, 0.4) is 0 Å². The Bertz CT molecular complexity index is 766. The first-order chi connectivity index (χ1) is 9.76. The third kappa shape index (κ3) is 4.34. The number of halogens is 2. The summed E-state index contributed by atoms with van der Waals surface area (Å²) in [4.78, 5) is 11.1. The summed E-state index contributed by atoms with van der Waals surface area (Å²) in [7, 11) is -3.80. The largest absolute Gasteiger partial charge is 0.481 e. The lowest BCUT2D eigenvalue weighted by molar-refractivity contribution is -0.136. The highest BCUT2D eigenvalue weighted by molar-refractivity contribution is 7.94. The van der Waals surface area contributed by atoms with Gasteiger partial charge in [-0.15, -0.1) is 11.3 Å². The normalized spacial score (nSPS) is 11.3. The van der Waals surface area contributed by atoms with Crippen LogP contribution in [0.2, 0.25) is 10.0 Å².